The van der Waals surface area contributed by atoms with Gasteiger partial charge in [-0.2, -0.15) is 0 Å². The molecular formula is C23H20ClNO3. The fourth-order valence-electron chi connectivity index (χ4n) is 2.53. The summed E-state index contributed by atoms with van der Waals surface area (Å²) in [7, 11) is 1.58. The molecule has 0 aromatic heterocycles. The van der Waals surface area contributed by atoms with Crippen LogP contribution in [0, 0.1) is 0 Å². The van der Waals surface area contributed by atoms with Crippen LogP contribution in [0.4, 0.5) is 5.69 Å². The summed E-state index contributed by atoms with van der Waals surface area (Å²) in [5, 5.41) is 3.49. The number of anilines is 1. The van der Waals surface area contributed by atoms with Crippen molar-refractivity contribution in [3.8, 4) is 11.5 Å². The van der Waals surface area contributed by atoms with Crippen molar-refractivity contribution in [2.24, 2.45) is 0 Å². The Labute approximate surface area is 169 Å². The van der Waals surface area contributed by atoms with E-state index in [0.717, 1.165) is 16.8 Å². The normalized spacial score (nSPS) is 10.6. The summed E-state index contributed by atoms with van der Waals surface area (Å²) in [4.78, 5) is 12.0. The van der Waals surface area contributed by atoms with E-state index in [2.05, 4.69) is 5.32 Å². The van der Waals surface area contributed by atoms with Crippen molar-refractivity contribution in [3.63, 3.8) is 0 Å². The van der Waals surface area contributed by atoms with E-state index in [0.29, 0.717) is 23.1 Å². The molecule has 0 aliphatic carbocycles. The Morgan fingerprint density at radius 2 is 1.75 bits per heavy atom. The van der Waals surface area contributed by atoms with Crippen molar-refractivity contribution in [1.29, 1.82) is 0 Å². The maximum atomic E-state index is 12.0. The van der Waals surface area contributed by atoms with Crippen LogP contribution in [-0.2, 0) is 11.4 Å². The Morgan fingerprint density at radius 1 is 1.00 bits per heavy atom. The van der Waals surface area contributed by atoms with Gasteiger partial charge in [0.25, 0.3) is 0 Å². The topological polar surface area (TPSA) is 47.6 Å². The Kier molecular flexibility index (Phi) is 6.71. The molecule has 0 unspecified atom stereocenters. The van der Waals surface area contributed by atoms with Gasteiger partial charge in [0.05, 0.1) is 7.11 Å². The molecule has 142 valence electrons. The molecule has 0 bridgehead atoms. The van der Waals surface area contributed by atoms with Crippen LogP contribution in [0.3, 0.4) is 0 Å². The summed E-state index contributed by atoms with van der Waals surface area (Å²) in [5.41, 5.74) is 2.59. The Morgan fingerprint density at radius 3 is 2.46 bits per heavy atom. The lowest BCUT2D eigenvalue weighted by atomic mass is 10.2. The van der Waals surface area contributed by atoms with Crippen LogP contribution in [0.15, 0.2) is 78.9 Å². The van der Waals surface area contributed by atoms with Gasteiger partial charge in [-0.25, -0.2) is 0 Å². The average molecular weight is 394 g/mol. The number of carbonyl (C=O) groups excluding carboxylic acids is 1. The number of halogens is 1. The molecule has 0 saturated carbocycles. The van der Waals surface area contributed by atoms with Gasteiger partial charge in [-0.1, -0.05) is 48.0 Å². The smallest absolute Gasteiger partial charge is 0.248 e. The van der Waals surface area contributed by atoms with Gasteiger partial charge in [0.15, 0.2) is 11.5 Å². The molecule has 0 aliphatic heterocycles. The zero-order valence-electron chi connectivity index (χ0n) is 15.4. The van der Waals surface area contributed by atoms with Crippen LogP contribution in [-0.4, -0.2) is 13.0 Å². The molecule has 0 radical (unpaired) electrons. The molecule has 3 aromatic rings. The van der Waals surface area contributed by atoms with Crippen LogP contribution >= 0.6 is 11.6 Å². The second-order valence-corrected chi connectivity index (χ2v) is 6.45. The molecule has 0 spiro atoms. The van der Waals surface area contributed by atoms with Gasteiger partial charge in [0.2, 0.25) is 5.91 Å². The highest BCUT2D eigenvalue weighted by Crippen LogP contribution is 2.29. The Bertz CT molecular complexity index is 953. The van der Waals surface area contributed by atoms with E-state index in [4.69, 9.17) is 21.1 Å². The minimum Gasteiger partial charge on any atom is -0.493 e. The summed E-state index contributed by atoms with van der Waals surface area (Å²) in [5.74, 6) is 1.02. The molecule has 0 saturated heterocycles. The first-order valence-electron chi connectivity index (χ1n) is 8.73. The van der Waals surface area contributed by atoms with Gasteiger partial charge in [-0.15, -0.1) is 0 Å². The van der Waals surface area contributed by atoms with Gasteiger partial charge in [-0.05, 0) is 53.6 Å². The number of nitrogens with one attached hydrogen (secondary N) is 1. The summed E-state index contributed by atoms with van der Waals surface area (Å²) < 4.78 is 11.3. The number of hydrogen-bond acceptors (Lipinski definition) is 3. The fourth-order valence-corrected chi connectivity index (χ4v) is 2.65. The minimum absolute atomic E-state index is 0.201. The number of rotatable bonds is 7. The third kappa shape index (κ3) is 5.63. The first-order valence-corrected chi connectivity index (χ1v) is 9.11. The number of carbonyl (C=O) groups is 1. The van der Waals surface area contributed by atoms with Crippen LogP contribution in [0.5, 0.6) is 11.5 Å². The van der Waals surface area contributed by atoms with Crippen molar-refractivity contribution in [3.05, 3.63) is 95.0 Å². The van der Waals surface area contributed by atoms with Gasteiger partial charge >= 0.3 is 0 Å². The SMILES string of the molecule is COc1cc(/C=C/C(=O)Nc2ccccc2)ccc1OCc1ccc(Cl)cc1. The highest BCUT2D eigenvalue weighted by molar-refractivity contribution is 6.30. The first kappa shape index (κ1) is 19.5. The van der Waals surface area contributed by atoms with E-state index in [9.17, 15) is 4.79 Å². The lowest BCUT2D eigenvalue weighted by Gasteiger charge is -2.11. The monoisotopic (exact) mass is 393 g/mol. The first-order chi connectivity index (χ1) is 13.6. The number of methoxy groups -OCH3 is 1. The number of amides is 1. The van der Waals surface area contributed by atoms with E-state index in [1.807, 2.05) is 72.8 Å². The number of hydrogen-bond donors (Lipinski definition) is 1. The third-order valence-electron chi connectivity index (χ3n) is 3.96. The second kappa shape index (κ2) is 9.62. The fraction of sp³-hybridized carbons (Fsp3) is 0.0870. The molecule has 3 rings (SSSR count). The predicted molar refractivity (Wildman–Crippen MR) is 113 cm³/mol. The summed E-state index contributed by atoms with van der Waals surface area (Å²) in [6.45, 7) is 0.405. The molecule has 3 aromatic carbocycles. The van der Waals surface area contributed by atoms with Crippen molar-refractivity contribution in [2.75, 3.05) is 12.4 Å². The highest BCUT2D eigenvalue weighted by Gasteiger charge is 2.06. The van der Waals surface area contributed by atoms with E-state index >= 15 is 0 Å². The maximum Gasteiger partial charge on any atom is 0.248 e. The third-order valence-corrected chi connectivity index (χ3v) is 4.22. The predicted octanol–water partition coefficient (Wildman–Crippen LogP) is 5.58. The Balaban J connectivity index is 1.63. The van der Waals surface area contributed by atoms with Crippen molar-refractivity contribution >= 4 is 29.3 Å². The van der Waals surface area contributed by atoms with E-state index in [-0.39, 0.29) is 5.91 Å². The maximum absolute atomic E-state index is 12.0. The van der Waals surface area contributed by atoms with Crippen molar-refractivity contribution in [1.82, 2.24) is 0 Å². The lowest BCUT2D eigenvalue weighted by Crippen LogP contribution is -2.07. The molecule has 4 nitrogen and oxygen atoms in total. The zero-order valence-corrected chi connectivity index (χ0v) is 16.1. The van der Waals surface area contributed by atoms with Gasteiger partial charge < -0.3 is 14.8 Å². The number of para-hydroxylation sites is 1. The van der Waals surface area contributed by atoms with E-state index < -0.39 is 0 Å². The summed E-state index contributed by atoms with van der Waals surface area (Å²) >= 11 is 5.90. The lowest BCUT2D eigenvalue weighted by molar-refractivity contribution is -0.111. The number of ether oxygens (including phenoxy) is 2. The standard InChI is InChI=1S/C23H20ClNO3/c1-27-22-15-17(10-14-23(26)25-20-5-3-2-4-6-20)9-13-21(22)28-16-18-7-11-19(24)12-8-18/h2-15H,16H2,1H3,(H,25,26)/b14-10+. The molecule has 1 amide bonds. The second-order valence-electron chi connectivity index (χ2n) is 6.01. The molecule has 28 heavy (non-hydrogen) atoms. The largest absolute Gasteiger partial charge is 0.493 e. The van der Waals surface area contributed by atoms with Gasteiger partial charge in [0, 0.05) is 16.8 Å². The number of benzene rings is 3. The molecule has 0 heterocycles. The quantitative estimate of drug-likeness (QED) is 0.533. The molecule has 5 heteroatoms. The van der Waals surface area contributed by atoms with Gasteiger partial charge in [-0.3, -0.25) is 4.79 Å². The highest BCUT2D eigenvalue weighted by atomic mass is 35.5. The zero-order chi connectivity index (χ0) is 19.8. The van der Waals surface area contributed by atoms with Crippen LogP contribution in [0.25, 0.3) is 6.08 Å². The van der Waals surface area contributed by atoms with Crippen LogP contribution < -0.4 is 14.8 Å². The van der Waals surface area contributed by atoms with E-state index in [1.165, 1.54) is 6.08 Å². The average Bonchev–Trinajstić information content (AvgIpc) is 2.73. The van der Waals surface area contributed by atoms with Crippen molar-refractivity contribution in [2.45, 2.75) is 6.61 Å². The Hall–Kier alpha value is -3.24. The molecular weight excluding hydrogens is 374 g/mol. The molecule has 0 fully saturated rings. The van der Waals surface area contributed by atoms with Crippen LogP contribution in [0.2, 0.25) is 5.02 Å². The summed E-state index contributed by atoms with van der Waals surface area (Å²) in [6, 6.07) is 22.3. The molecule has 0 atom stereocenters. The van der Waals surface area contributed by atoms with E-state index in [1.54, 1.807) is 13.2 Å². The molecule has 1 N–H and O–H groups in total. The van der Waals surface area contributed by atoms with Crippen molar-refractivity contribution < 1.29 is 14.3 Å². The van der Waals surface area contributed by atoms with Crippen LogP contribution in [0.1, 0.15) is 11.1 Å². The summed E-state index contributed by atoms with van der Waals surface area (Å²) in [6.07, 6.45) is 3.21. The molecule has 0 aliphatic rings. The minimum atomic E-state index is -0.201. The van der Waals surface area contributed by atoms with Gasteiger partial charge in [0.1, 0.15) is 6.61 Å².